The normalized spacial score (nSPS) is 7.39. The number of hydrogen-bond acceptors (Lipinski definition) is 2. The van der Waals surface area contributed by atoms with Gasteiger partial charge in [0.1, 0.15) is 0 Å². The Morgan fingerprint density at radius 1 is 1.17 bits per heavy atom. The standard InChI is InChI=1S/C11H15NO2.2CH3.2Pr/c1-12-11(13)14-9-5-8-10-6-3-2-4-7-10;;;;/h2-4,6-7H,5,8-9H2,1H3,(H,12,13);2*1H3;;/q;2*-1;;/p-1. The number of ether oxygens (including phenoxy) is 1. The second kappa shape index (κ2) is 18.2. The van der Waals surface area contributed by atoms with Crippen molar-refractivity contribution in [2.24, 2.45) is 0 Å². The number of hydrogen-bond donors (Lipinski definition) is 0. The first-order valence-electron chi connectivity index (χ1n) is 4.63. The summed E-state index contributed by atoms with van der Waals surface area (Å²) >= 11 is 0. The number of carbonyl (C=O) groups is 1. The van der Waals surface area contributed by atoms with Crippen LogP contribution < -0.4 is 0 Å². The molecule has 0 saturated heterocycles. The first-order chi connectivity index (χ1) is 6.83. The van der Waals surface area contributed by atoms with Crippen LogP contribution in [0, 0.1) is 97.4 Å². The fourth-order valence-corrected chi connectivity index (χ4v) is 1.14. The maximum atomic E-state index is 10.6. The van der Waals surface area contributed by atoms with Crippen molar-refractivity contribution in [1.82, 2.24) is 0 Å². The second-order valence-electron chi connectivity index (χ2n) is 2.93. The maximum Gasteiger partial charge on any atom is 0.229 e. The summed E-state index contributed by atoms with van der Waals surface area (Å²) in [6, 6.07) is 10.1. The molecule has 0 spiro atoms. The molecule has 0 aliphatic heterocycles. The summed E-state index contributed by atoms with van der Waals surface area (Å²) in [6.45, 7) is 0.436. The van der Waals surface area contributed by atoms with E-state index in [0.717, 1.165) is 12.8 Å². The summed E-state index contributed by atoms with van der Waals surface area (Å²) in [4.78, 5) is 10.6. The van der Waals surface area contributed by atoms with Crippen LogP contribution in [0.15, 0.2) is 30.3 Å². The predicted molar refractivity (Wildman–Crippen MR) is 68.2 cm³/mol. The van der Waals surface area contributed by atoms with Gasteiger partial charge in [0.05, 0.1) is 6.61 Å². The van der Waals surface area contributed by atoms with E-state index in [4.69, 9.17) is 4.74 Å². The van der Waals surface area contributed by atoms with Crippen molar-refractivity contribution in [2.45, 2.75) is 12.8 Å². The van der Waals surface area contributed by atoms with Gasteiger partial charge in [-0.15, -0.1) is 7.05 Å². The van der Waals surface area contributed by atoms with Crippen molar-refractivity contribution in [3.8, 4) is 0 Å². The van der Waals surface area contributed by atoms with E-state index in [0.29, 0.717) is 6.61 Å². The molecular formula is C13H20NO2Pr2-3. The Labute approximate surface area is 178 Å². The summed E-state index contributed by atoms with van der Waals surface area (Å²) < 4.78 is 4.81. The van der Waals surface area contributed by atoms with Crippen LogP contribution in [0.5, 0.6) is 0 Å². The van der Waals surface area contributed by atoms with Crippen LogP contribution in [-0.4, -0.2) is 19.7 Å². The van der Waals surface area contributed by atoms with Gasteiger partial charge in [-0.2, -0.15) is 0 Å². The van der Waals surface area contributed by atoms with Crippen molar-refractivity contribution in [3.05, 3.63) is 56.1 Å². The van der Waals surface area contributed by atoms with Crippen molar-refractivity contribution in [1.29, 1.82) is 0 Å². The van der Waals surface area contributed by atoms with E-state index in [9.17, 15) is 4.79 Å². The molecule has 3 nitrogen and oxygen atoms in total. The third-order valence-corrected chi connectivity index (χ3v) is 1.86. The molecule has 1 rings (SSSR count). The zero-order valence-corrected chi connectivity index (χ0v) is 18.8. The van der Waals surface area contributed by atoms with Gasteiger partial charge in [0.25, 0.3) is 0 Å². The fraction of sp³-hybridized carbons (Fsp3) is 0.308. The van der Waals surface area contributed by atoms with Gasteiger partial charge in [0.2, 0.25) is 6.09 Å². The van der Waals surface area contributed by atoms with E-state index < -0.39 is 6.09 Å². The Bertz CT molecular complexity index is 282. The molecule has 0 bridgehead atoms. The molecule has 0 unspecified atom stereocenters. The summed E-state index contributed by atoms with van der Waals surface area (Å²) in [5.74, 6) is 0. The third-order valence-electron chi connectivity index (χ3n) is 1.86. The van der Waals surface area contributed by atoms with Gasteiger partial charge in [0, 0.05) is 82.6 Å². The monoisotopic (exact) mass is 504 g/mol. The molecule has 0 atom stereocenters. The van der Waals surface area contributed by atoms with Crippen molar-refractivity contribution < 1.29 is 92.1 Å². The van der Waals surface area contributed by atoms with Crippen LogP contribution in [0.4, 0.5) is 4.79 Å². The third kappa shape index (κ3) is 13.6. The second-order valence-corrected chi connectivity index (χ2v) is 2.93. The Hall–Kier alpha value is 1.22. The van der Waals surface area contributed by atoms with Gasteiger partial charge in [-0.25, -0.2) is 0 Å². The van der Waals surface area contributed by atoms with Gasteiger partial charge < -0.3 is 24.9 Å². The van der Waals surface area contributed by atoms with E-state index in [1.165, 1.54) is 12.6 Å². The molecule has 0 saturated carbocycles. The minimum atomic E-state index is -0.488. The Morgan fingerprint density at radius 2 is 1.72 bits per heavy atom. The van der Waals surface area contributed by atoms with Gasteiger partial charge in [-0.1, -0.05) is 30.3 Å². The number of carbonyl (C=O) groups excluding carboxylic acids is 1. The van der Waals surface area contributed by atoms with Crippen LogP contribution in [0.1, 0.15) is 12.0 Å². The largest absolute Gasteiger partial charge is 0.620 e. The summed E-state index contributed by atoms with van der Waals surface area (Å²) in [5, 5.41) is 3.37. The average Bonchev–Trinajstić information content (AvgIpc) is 2.25. The van der Waals surface area contributed by atoms with Gasteiger partial charge in [0.15, 0.2) is 0 Å². The number of benzene rings is 1. The van der Waals surface area contributed by atoms with E-state index in [1.807, 2.05) is 18.2 Å². The molecule has 1 amide bonds. The van der Waals surface area contributed by atoms with Crippen molar-refractivity contribution in [3.63, 3.8) is 0 Å². The van der Waals surface area contributed by atoms with E-state index in [-0.39, 0.29) is 97.4 Å². The summed E-state index contributed by atoms with van der Waals surface area (Å²) in [5.41, 5.74) is 1.26. The zero-order chi connectivity index (χ0) is 10.2. The Morgan fingerprint density at radius 3 is 2.22 bits per heavy atom. The molecule has 0 aromatic heterocycles. The number of amides is 1. The fourth-order valence-electron chi connectivity index (χ4n) is 1.14. The summed E-state index contributed by atoms with van der Waals surface area (Å²) in [6.07, 6.45) is 1.28. The van der Waals surface area contributed by atoms with Crippen LogP contribution >= 0.6 is 0 Å². The molecule has 18 heavy (non-hydrogen) atoms. The van der Waals surface area contributed by atoms with Crippen molar-refractivity contribution in [2.75, 3.05) is 13.7 Å². The van der Waals surface area contributed by atoms with E-state index >= 15 is 0 Å². The van der Waals surface area contributed by atoms with Crippen LogP contribution in [0.3, 0.4) is 0 Å². The SMILES string of the molecule is C[N-]C(=O)OCCCc1ccccc1.[CH3-].[CH3-].[Pr].[Pr]. The molecule has 1 aromatic carbocycles. The summed E-state index contributed by atoms with van der Waals surface area (Å²) in [7, 11) is 1.43. The van der Waals surface area contributed by atoms with Gasteiger partial charge in [-0.3, -0.25) is 4.79 Å². The Balaban J connectivity index is -0.000000245. The zero-order valence-electron chi connectivity index (χ0n) is 11.4. The number of aryl methyl sites for hydroxylation is 1. The van der Waals surface area contributed by atoms with Crippen molar-refractivity contribution >= 4 is 6.09 Å². The average molecular weight is 504 g/mol. The van der Waals surface area contributed by atoms with E-state index in [2.05, 4.69) is 17.4 Å². The minimum Gasteiger partial charge on any atom is -0.620 e. The molecule has 98 valence electrons. The maximum absolute atomic E-state index is 10.6. The smallest absolute Gasteiger partial charge is 0.229 e. The van der Waals surface area contributed by atoms with Gasteiger partial charge >= 0.3 is 0 Å². The molecule has 5 heteroatoms. The van der Waals surface area contributed by atoms with Crippen LogP contribution in [0.25, 0.3) is 5.32 Å². The number of rotatable bonds is 4. The van der Waals surface area contributed by atoms with E-state index in [1.54, 1.807) is 0 Å². The Kier molecular flexibility index (Phi) is 27.9. The molecule has 0 heterocycles. The molecular weight excluding hydrogens is 484 g/mol. The molecule has 0 fully saturated rings. The molecule has 0 aliphatic rings. The predicted octanol–water partition coefficient (Wildman–Crippen LogP) is 3.66. The first kappa shape index (κ1) is 27.5. The molecule has 0 N–H and O–H groups in total. The van der Waals surface area contributed by atoms with Crippen LogP contribution in [0.2, 0.25) is 0 Å². The minimum absolute atomic E-state index is 0. The molecule has 2 radical (unpaired) electrons. The van der Waals surface area contributed by atoms with Gasteiger partial charge in [-0.05, 0) is 18.4 Å². The quantitative estimate of drug-likeness (QED) is 0.464. The van der Waals surface area contributed by atoms with Crippen LogP contribution in [-0.2, 0) is 11.2 Å². The molecule has 1 aromatic rings. The molecule has 0 aliphatic carbocycles. The number of nitrogens with zero attached hydrogens (tertiary/aromatic N) is 1. The first-order valence-corrected chi connectivity index (χ1v) is 4.63. The topological polar surface area (TPSA) is 40.4 Å².